The molecule has 1 aromatic carbocycles. The van der Waals surface area contributed by atoms with Crippen molar-refractivity contribution in [3.63, 3.8) is 0 Å². The highest BCUT2D eigenvalue weighted by molar-refractivity contribution is 7.95. The SMILES string of the molecule is C[S@](=O)(=N/C=C(\C#N)S(=O)(=O)c1ccc(C(F)(F)F)cn1)c1ccc(Oc2ccc([N+](=O)[O-])cn2)cc1. The molecule has 0 N–H and O–H groups in total. The molecule has 1 atom stereocenters. The summed E-state index contributed by atoms with van der Waals surface area (Å²) in [7, 11) is -7.91. The van der Waals surface area contributed by atoms with E-state index < -0.39 is 46.2 Å². The fraction of sp³-hybridized carbons (Fsp3) is 0.0952. The molecule has 0 aliphatic heterocycles. The van der Waals surface area contributed by atoms with Crippen LogP contribution in [0.2, 0.25) is 0 Å². The summed E-state index contributed by atoms with van der Waals surface area (Å²) in [6.45, 7) is 0. The van der Waals surface area contributed by atoms with E-state index in [0.717, 1.165) is 6.20 Å². The number of nitriles is 1. The van der Waals surface area contributed by atoms with E-state index in [-0.39, 0.29) is 22.2 Å². The van der Waals surface area contributed by atoms with Crippen molar-refractivity contribution in [3.8, 4) is 17.7 Å². The van der Waals surface area contributed by atoms with Crippen LogP contribution in [-0.4, -0.2) is 33.8 Å². The first-order valence-corrected chi connectivity index (χ1v) is 13.1. The molecule has 37 heavy (non-hydrogen) atoms. The fourth-order valence-electron chi connectivity index (χ4n) is 2.61. The predicted octanol–water partition coefficient (Wildman–Crippen LogP) is 4.49. The van der Waals surface area contributed by atoms with Crippen molar-refractivity contribution in [1.82, 2.24) is 9.97 Å². The van der Waals surface area contributed by atoms with Gasteiger partial charge in [-0.1, -0.05) is 0 Å². The third-order valence-corrected chi connectivity index (χ3v) is 7.75. The number of sulfone groups is 1. The third kappa shape index (κ3) is 6.45. The molecule has 3 rings (SSSR count). The normalized spacial score (nSPS) is 13.8. The molecule has 0 spiro atoms. The average Bonchev–Trinajstić information content (AvgIpc) is 2.84. The lowest BCUT2D eigenvalue weighted by molar-refractivity contribution is -0.385. The molecule has 2 heterocycles. The maximum absolute atomic E-state index is 13.0. The van der Waals surface area contributed by atoms with Crippen molar-refractivity contribution in [2.24, 2.45) is 4.36 Å². The number of aromatic nitrogens is 2. The molecule has 0 bridgehead atoms. The van der Waals surface area contributed by atoms with E-state index in [1.807, 2.05) is 0 Å². The Kier molecular flexibility index (Phi) is 7.60. The van der Waals surface area contributed by atoms with Crippen molar-refractivity contribution in [3.05, 3.63) is 87.7 Å². The van der Waals surface area contributed by atoms with Crippen LogP contribution in [0.5, 0.6) is 11.6 Å². The Balaban J connectivity index is 1.84. The number of nitrogens with zero attached hydrogens (tertiary/aromatic N) is 5. The van der Waals surface area contributed by atoms with E-state index in [1.54, 1.807) is 0 Å². The molecule has 0 aliphatic rings. The second kappa shape index (κ2) is 10.3. The van der Waals surface area contributed by atoms with Gasteiger partial charge in [0.15, 0.2) is 9.93 Å². The van der Waals surface area contributed by atoms with E-state index in [4.69, 9.17) is 4.74 Å². The van der Waals surface area contributed by atoms with Crippen LogP contribution in [0.4, 0.5) is 18.9 Å². The standard InChI is InChI=1S/C21H14F3N5O6S2/c1-36(32,17-6-4-16(5-7-17)35-19-8-3-15(12-26-19)29(30)31)28-13-18(10-25)37(33,34)20-9-2-14(11-27-20)21(22,23)24/h2-9,11-13H,1H3/b18-13+/t36-/m1/s1. The Morgan fingerprint density at radius 3 is 2.24 bits per heavy atom. The second-order valence-corrected chi connectivity index (χ2v) is 11.2. The van der Waals surface area contributed by atoms with Crippen molar-refractivity contribution >= 4 is 25.3 Å². The molecule has 0 saturated heterocycles. The summed E-state index contributed by atoms with van der Waals surface area (Å²) in [4.78, 5) is 16.3. The van der Waals surface area contributed by atoms with Crippen LogP contribution in [-0.2, 0) is 25.7 Å². The highest BCUT2D eigenvalue weighted by Crippen LogP contribution is 2.29. The van der Waals surface area contributed by atoms with Crippen LogP contribution in [0.1, 0.15) is 5.56 Å². The number of hydrogen-bond acceptors (Lipinski definition) is 10. The molecule has 2 aromatic heterocycles. The van der Waals surface area contributed by atoms with E-state index in [2.05, 4.69) is 14.3 Å². The molecule has 3 aromatic rings. The van der Waals surface area contributed by atoms with Gasteiger partial charge < -0.3 is 4.74 Å². The number of alkyl halides is 3. The molecule has 0 unspecified atom stereocenters. The van der Waals surface area contributed by atoms with E-state index in [1.165, 1.54) is 48.7 Å². The van der Waals surface area contributed by atoms with Crippen molar-refractivity contribution in [2.45, 2.75) is 16.1 Å². The Morgan fingerprint density at radius 2 is 1.76 bits per heavy atom. The number of halogens is 3. The van der Waals surface area contributed by atoms with Crippen molar-refractivity contribution in [1.29, 1.82) is 5.26 Å². The van der Waals surface area contributed by atoms with Gasteiger partial charge in [-0.15, -0.1) is 0 Å². The predicted molar refractivity (Wildman–Crippen MR) is 122 cm³/mol. The third-order valence-electron chi connectivity index (χ3n) is 4.52. The molecule has 0 aliphatic carbocycles. The molecular formula is C21H14F3N5O6S2. The number of nitro groups is 1. The first-order valence-electron chi connectivity index (χ1n) is 9.72. The molecule has 11 nitrogen and oxygen atoms in total. The van der Waals surface area contributed by atoms with Crippen molar-refractivity contribution < 1.29 is 35.5 Å². The second-order valence-electron chi connectivity index (χ2n) is 7.08. The minimum Gasteiger partial charge on any atom is -0.439 e. The van der Waals surface area contributed by atoms with Gasteiger partial charge in [-0.2, -0.15) is 18.4 Å². The fourth-order valence-corrected chi connectivity index (χ4v) is 4.72. The monoisotopic (exact) mass is 553 g/mol. The number of ether oxygens (including phenoxy) is 1. The molecule has 0 amide bonds. The Morgan fingerprint density at radius 1 is 1.08 bits per heavy atom. The zero-order chi connectivity index (χ0) is 27.4. The summed E-state index contributed by atoms with van der Waals surface area (Å²) in [5.74, 6) is 0.300. The van der Waals surface area contributed by atoms with Gasteiger partial charge in [0.2, 0.25) is 15.7 Å². The summed E-state index contributed by atoms with van der Waals surface area (Å²) in [5, 5.41) is 19.1. The van der Waals surface area contributed by atoms with Crippen LogP contribution in [0.3, 0.4) is 0 Å². The molecule has 0 radical (unpaired) electrons. The van der Waals surface area contributed by atoms with Gasteiger partial charge in [-0.3, -0.25) is 10.1 Å². The van der Waals surface area contributed by atoms with Gasteiger partial charge in [-0.25, -0.2) is 27.0 Å². The summed E-state index contributed by atoms with van der Waals surface area (Å²) in [5.41, 5.74) is -1.40. The molecule has 16 heteroatoms. The Labute approximate surface area is 208 Å². The lowest BCUT2D eigenvalue weighted by atomic mass is 10.3. The first-order chi connectivity index (χ1) is 17.2. The molecule has 0 saturated carbocycles. The van der Waals surface area contributed by atoms with Gasteiger partial charge in [0, 0.05) is 29.5 Å². The molecular weight excluding hydrogens is 539 g/mol. The Bertz CT molecular complexity index is 1620. The van der Waals surface area contributed by atoms with E-state index >= 15 is 0 Å². The van der Waals surface area contributed by atoms with Crippen LogP contribution in [0, 0.1) is 21.4 Å². The maximum atomic E-state index is 13.0. The average molecular weight is 554 g/mol. The van der Waals surface area contributed by atoms with Crippen LogP contribution >= 0.6 is 0 Å². The maximum Gasteiger partial charge on any atom is 0.417 e. The molecule has 192 valence electrons. The number of benzene rings is 1. The quantitative estimate of drug-likeness (QED) is 0.233. The van der Waals surface area contributed by atoms with Gasteiger partial charge in [-0.05, 0) is 36.4 Å². The van der Waals surface area contributed by atoms with Crippen molar-refractivity contribution in [2.75, 3.05) is 6.26 Å². The van der Waals surface area contributed by atoms with Gasteiger partial charge in [0.25, 0.3) is 5.69 Å². The zero-order valence-corrected chi connectivity index (χ0v) is 20.1. The van der Waals surface area contributed by atoms with Crippen LogP contribution in [0.25, 0.3) is 0 Å². The number of allylic oxidation sites excluding steroid dienone is 1. The summed E-state index contributed by atoms with van der Waals surface area (Å²) in [6.07, 6.45) is -1.67. The van der Waals surface area contributed by atoms with Crippen LogP contribution < -0.4 is 4.74 Å². The number of rotatable bonds is 7. The minimum absolute atomic E-state index is 0.0592. The van der Waals surface area contributed by atoms with E-state index in [9.17, 15) is 41.2 Å². The van der Waals surface area contributed by atoms with Gasteiger partial charge >= 0.3 is 6.18 Å². The topological polar surface area (TPSA) is 166 Å². The highest BCUT2D eigenvalue weighted by atomic mass is 32.2. The highest BCUT2D eigenvalue weighted by Gasteiger charge is 2.32. The lowest BCUT2D eigenvalue weighted by Crippen LogP contribution is -2.09. The Hall–Kier alpha value is -4.36. The van der Waals surface area contributed by atoms with Gasteiger partial charge in [0.05, 0.1) is 26.4 Å². The zero-order valence-electron chi connectivity index (χ0n) is 18.5. The van der Waals surface area contributed by atoms with E-state index in [0.29, 0.717) is 24.5 Å². The van der Waals surface area contributed by atoms with Crippen LogP contribution in [0.15, 0.2) is 86.3 Å². The first kappa shape index (κ1) is 27.2. The number of hydrogen-bond donors (Lipinski definition) is 0. The number of pyridine rings is 2. The molecule has 0 fully saturated rings. The lowest BCUT2D eigenvalue weighted by Gasteiger charge is -2.08. The summed E-state index contributed by atoms with van der Waals surface area (Å²) < 4.78 is 85.5. The smallest absolute Gasteiger partial charge is 0.417 e. The van der Waals surface area contributed by atoms with Gasteiger partial charge in [0.1, 0.15) is 18.0 Å². The summed E-state index contributed by atoms with van der Waals surface area (Å²) in [6, 6.07) is 10.5. The largest absolute Gasteiger partial charge is 0.439 e. The summed E-state index contributed by atoms with van der Waals surface area (Å²) >= 11 is 0. The minimum atomic E-state index is -4.73.